The van der Waals surface area contributed by atoms with Crippen LogP contribution < -0.4 is 0 Å². The number of hydrogen-bond donors (Lipinski definition) is 3. The highest BCUT2D eigenvalue weighted by atomic mass is 31.2. The van der Waals surface area contributed by atoms with Gasteiger partial charge >= 0.3 is 39.5 Å². The third-order valence-corrected chi connectivity index (χ3v) is 18.3. The number of phosphoric ester groups is 2. The molecular weight excluding hydrogens is 1330 g/mol. The van der Waals surface area contributed by atoms with E-state index in [4.69, 9.17) is 37.0 Å². The van der Waals surface area contributed by atoms with Crippen molar-refractivity contribution in [3.8, 4) is 0 Å². The zero-order valence-corrected chi connectivity index (χ0v) is 65.8. The van der Waals surface area contributed by atoms with Gasteiger partial charge < -0.3 is 33.8 Å². The van der Waals surface area contributed by atoms with Crippen LogP contribution in [0.1, 0.15) is 323 Å². The molecule has 0 fully saturated rings. The van der Waals surface area contributed by atoms with Crippen molar-refractivity contribution in [2.24, 2.45) is 0 Å². The summed E-state index contributed by atoms with van der Waals surface area (Å²) in [5, 5.41) is 10.6. The first-order valence-electron chi connectivity index (χ1n) is 39.8. The van der Waals surface area contributed by atoms with Gasteiger partial charge in [0.05, 0.1) is 26.4 Å². The Morgan fingerprint density at radius 3 is 0.853 bits per heavy atom. The molecule has 102 heavy (non-hydrogen) atoms. The second-order valence-electron chi connectivity index (χ2n) is 26.3. The van der Waals surface area contributed by atoms with Crippen molar-refractivity contribution in [2.75, 3.05) is 39.6 Å². The number of carbonyl (C=O) groups is 4. The van der Waals surface area contributed by atoms with E-state index in [2.05, 4.69) is 137 Å². The van der Waals surface area contributed by atoms with Crippen molar-refractivity contribution in [2.45, 2.75) is 341 Å². The SMILES string of the molecule is CCCCC/C=C\C/C=C\C/C=C\C/C=C\CCCC(=O)OC[C@H](COP(=O)(O)OC[C@H](O)COP(=O)(O)OC[C@@H](COC(=O)CCCCCCC/C=C\C/C=C\CCCCC)OC(=O)CCCCCCC/C=C\C=C/CCCCCC)OC(=O)CCCCCCC/C=C\C/C=C\CCCCC. The van der Waals surface area contributed by atoms with E-state index in [1.165, 1.54) is 83.5 Å². The second-order valence-corrected chi connectivity index (χ2v) is 29.2. The van der Waals surface area contributed by atoms with Gasteiger partial charge in [0.15, 0.2) is 12.2 Å². The van der Waals surface area contributed by atoms with Crippen molar-refractivity contribution >= 4 is 39.5 Å². The first-order chi connectivity index (χ1) is 49.7. The van der Waals surface area contributed by atoms with Crippen LogP contribution in [-0.2, 0) is 65.4 Å². The molecule has 17 nitrogen and oxygen atoms in total. The largest absolute Gasteiger partial charge is 0.472 e. The Kier molecular flexibility index (Phi) is 71.4. The molecule has 5 atom stereocenters. The fourth-order valence-corrected chi connectivity index (χ4v) is 11.8. The van der Waals surface area contributed by atoms with Crippen molar-refractivity contribution in [1.82, 2.24) is 0 Å². The van der Waals surface area contributed by atoms with E-state index in [-0.39, 0.29) is 25.7 Å². The van der Waals surface area contributed by atoms with Crippen molar-refractivity contribution in [1.29, 1.82) is 0 Å². The molecule has 2 unspecified atom stereocenters. The van der Waals surface area contributed by atoms with Gasteiger partial charge in [0.2, 0.25) is 0 Å². The molecule has 0 saturated carbocycles. The van der Waals surface area contributed by atoms with Gasteiger partial charge in [-0.3, -0.25) is 37.3 Å². The monoisotopic (exact) mass is 1470 g/mol. The summed E-state index contributed by atoms with van der Waals surface area (Å²) in [6.07, 6.45) is 81.8. The lowest BCUT2D eigenvalue weighted by atomic mass is 10.1. The standard InChI is InChI=1S/C83H142O17P2/c1-5-9-13-17-21-25-29-33-37-38-42-44-48-52-56-60-64-68-81(86)94-74-79(100-83(88)70-66-62-58-54-50-46-41-36-32-28-24-20-16-12-8-4)76-98-102(91,92)96-72-77(84)71-95-101(89,90)97-75-78(99-82(87)69-65-61-57-53-49-45-40-35-31-27-23-19-15-11-7-3)73-93-80(85)67-63-59-55-51-47-43-39-34-30-26-22-18-14-10-6-2/h21-22,24-28,31,33-37,39-42,44,52,56,77-79,84H,5-20,23,29-30,32,38,43,45-51,53-55,57-76H2,1-4H3,(H,89,90)(H,91,92)/b25-21-,26-22-,28-24-,31-27-,37-33-,39-34-,40-35-,41-36-,44-42-,56-52-/t77-,78-,79-/m1/s1. The van der Waals surface area contributed by atoms with Gasteiger partial charge in [0, 0.05) is 25.7 Å². The van der Waals surface area contributed by atoms with Gasteiger partial charge in [-0.05, 0) is 154 Å². The maximum Gasteiger partial charge on any atom is 0.472 e. The molecule has 0 rings (SSSR count). The lowest BCUT2D eigenvalue weighted by molar-refractivity contribution is -0.161. The Morgan fingerprint density at radius 1 is 0.284 bits per heavy atom. The van der Waals surface area contributed by atoms with E-state index in [0.717, 1.165) is 154 Å². The Balaban J connectivity index is 5.45. The fourth-order valence-electron chi connectivity index (χ4n) is 10.3. The van der Waals surface area contributed by atoms with Crippen LogP contribution in [0.15, 0.2) is 122 Å². The Bertz CT molecular complexity index is 2410. The van der Waals surface area contributed by atoms with E-state index in [0.29, 0.717) is 32.1 Å². The summed E-state index contributed by atoms with van der Waals surface area (Å²) in [6.45, 7) is 4.68. The van der Waals surface area contributed by atoms with Crippen molar-refractivity contribution in [3.05, 3.63) is 122 Å². The van der Waals surface area contributed by atoms with Crippen LogP contribution in [-0.4, -0.2) is 96.7 Å². The lowest BCUT2D eigenvalue weighted by Gasteiger charge is -2.21. The summed E-state index contributed by atoms with van der Waals surface area (Å²) in [6, 6.07) is 0. The predicted octanol–water partition coefficient (Wildman–Crippen LogP) is 23.1. The number of aliphatic hydroxyl groups excluding tert-OH is 1. The molecule has 0 aliphatic carbocycles. The predicted molar refractivity (Wildman–Crippen MR) is 418 cm³/mol. The third kappa shape index (κ3) is 73.8. The summed E-state index contributed by atoms with van der Waals surface area (Å²) >= 11 is 0. The number of phosphoric acid groups is 2. The molecule has 0 aliphatic rings. The minimum absolute atomic E-state index is 0.0648. The normalized spacial score (nSPS) is 14.5. The molecule has 0 amide bonds. The minimum atomic E-state index is -5.00. The average molecular weight is 1470 g/mol. The van der Waals surface area contributed by atoms with Crippen LogP contribution in [0.4, 0.5) is 0 Å². The number of rotatable bonds is 74. The molecule has 0 aromatic carbocycles. The molecule has 0 spiro atoms. The maximum atomic E-state index is 13.1. The number of ether oxygens (including phenoxy) is 4. The number of hydrogen-bond acceptors (Lipinski definition) is 15. The minimum Gasteiger partial charge on any atom is -0.462 e. The smallest absolute Gasteiger partial charge is 0.462 e. The summed E-state index contributed by atoms with van der Waals surface area (Å²) < 4.78 is 68.5. The molecule has 0 heterocycles. The summed E-state index contributed by atoms with van der Waals surface area (Å²) in [7, 11) is -9.99. The molecule has 0 aliphatic heterocycles. The first kappa shape index (κ1) is 97.5. The molecule has 0 bridgehead atoms. The van der Waals surface area contributed by atoms with Crippen LogP contribution in [0.25, 0.3) is 0 Å². The first-order valence-corrected chi connectivity index (χ1v) is 42.8. The summed E-state index contributed by atoms with van der Waals surface area (Å²) in [5.41, 5.74) is 0. The van der Waals surface area contributed by atoms with Gasteiger partial charge in [0.1, 0.15) is 19.3 Å². The van der Waals surface area contributed by atoms with E-state index in [1.54, 1.807) is 0 Å². The van der Waals surface area contributed by atoms with E-state index >= 15 is 0 Å². The van der Waals surface area contributed by atoms with Crippen molar-refractivity contribution in [3.63, 3.8) is 0 Å². The van der Waals surface area contributed by atoms with Crippen molar-refractivity contribution < 1.29 is 80.2 Å². The molecule has 3 N–H and O–H groups in total. The molecule has 586 valence electrons. The number of aliphatic hydroxyl groups is 1. The highest BCUT2D eigenvalue weighted by Gasteiger charge is 2.30. The third-order valence-electron chi connectivity index (χ3n) is 16.4. The van der Waals surface area contributed by atoms with E-state index in [9.17, 15) is 43.2 Å². The van der Waals surface area contributed by atoms with Crippen LogP contribution >= 0.6 is 15.6 Å². The van der Waals surface area contributed by atoms with Crippen LogP contribution in [0.3, 0.4) is 0 Å². The highest BCUT2D eigenvalue weighted by Crippen LogP contribution is 2.45. The van der Waals surface area contributed by atoms with Crippen LogP contribution in [0.2, 0.25) is 0 Å². The fraction of sp³-hybridized carbons (Fsp3) is 0.711. The number of allylic oxidation sites excluding steroid dienone is 20. The highest BCUT2D eigenvalue weighted by molar-refractivity contribution is 7.47. The van der Waals surface area contributed by atoms with Crippen LogP contribution in [0.5, 0.6) is 0 Å². The van der Waals surface area contributed by atoms with Gasteiger partial charge in [0.25, 0.3) is 0 Å². The van der Waals surface area contributed by atoms with Crippen LogP contribution in [0, 0.1) is 0 Å². The number of carbonyl (C=O) groups excluding carboxylic acids is 4. The van der Waals surface area contributed by atoms with Gasteiger partial charge in [-0.1, -0.05) is 265 Å². The Labute approximate surface area is 619 Å². The maximum absolute atomic E-state index is 13.1. The molecule has 0 aromatic rings. The molecule has 0 saturated heterocycles. The molecule has 19 heteroatoms. The number of unbranched alkanes of at least 4 members (excludes halogenated alkanes) is 29. The molecule has 0 radical (unpaired) electrons. The summed E-state index contributed by atoms with van der Waals surface area (Å²) in [5.74, 6) is -2.28. The Hall–Kier alpha value is -4.54. The second kappa shape index (κ2) is 74.7. The zero-order valence-electron chi connectivity index (χ0n) is 64.0. The Morgan fingerprint density at radius 2 is 0.520 bits per heavy atom. The van der Waals surface area contributed by atoms with Gasteiger partial charge in [-0.2, -0.15) is 0 Å². The average Bonchev–Trinajstić information content (AvgIpc) is 0.923. The van der Waals surface area contributed by atoms with E-state index < -0.39 is 97.5 Å². The quantitative estimate of drug-likeness (QED) is 0.0128. The molecule has 0 aromatic heterocycles. The van der Waals surface area contributed by atoms with Gasteiger partial charge in [-0.15, -0.1) is 0 Å². The van der Waals surface area contributed by atoms with Gasteiger partial charge in [-0.25, -0.2) is 9.13 Å². The van der Waals surface area contributed by atoms with E-state index in [1.807, 2.05) is 12.2 Å². The topological polar surface area (TPSA) is 237 Å². The number of esters is 4. The lowest BCUT2D eigenvalue weighted by Crippen LogP contribution is -2.30. The zero-order chi connectivity index (χ0) is 74.6. The summed E-state index contributed by atoms with van der Waals surface area (Å²) in [4.78, 5) is 73.0. The molecular formula is C83H142O17P2.